The molecule has 10 aromatic rings. The van der Waals surface area contributed by atoms with Gasteiger partial charge in [-0.05, 0) is 94.9 Å². The Kier molecular flexibility index (Phi) is 10.6. The molecule has 0 amide bonds. The fourth-order valence-corrected chi connectivity index (χ4v) is 8.01. The number of hydrogen-bond acceptors (Lipinski definition) is 5. The molecule has 0 radical (unpaired) electrons. The molecule has 2 aromatic heterocycles. The summed E-state index contributed by atoms with van der Waals surface area (Å²) in [5.41, 5.74) is 13.7. The zero-order valence-corrected chi connectivity index (χ0v) is 34.8. The van der Waals surface area contributed by atoms with Gasteiger partial charge in [0.2, 0.25) is 0 Å². The summed E-state index contributed by atoms with van der Waals surface area (Å²) in [6.45, 7) is 6.31. The van der Waals surface area contributed by atoms with Crippen molar-refractivity contribution in [3.8, 4) is 56.4 Å². The quantitative estimate of drug-likeness (QED) is 0.122. The highest BCUT2D eigenvalue weighted by atomic mass is 16.3. The highest BCUT2D eigenvalue weighted by Gasteiger charge is 2.20. The van der Waals surface area contributed by atoms with Crippen molar-refractivity contribution in [2.45, 2.75) is 6.92 Å². The molecule has 0 bridgehead atoms. The first-order valence-electron chi connectivity index (χ1n) is 21.1. The molecule has 0 N–H and O–H groups in total. The van der Waals surface area contributed by atoms with Crippen LogP contribution in [0, 0.1) is 0 Å². The average Bonchev–Trinajstić information content (AvgIpc) is 3.74. The molecule has 10 rings (SSSR count). The third-order valence-corrected chi connectivity index (χ3v) is 11.2. The molecule has 2 heterocycles. The Hall–Kier alpha value is -8.41. The van der Waals surface area contributed by atoms with Crippen LogP contribution in [0.1, 0.15) is 12.5 Å². The van der Waals surface area contributed by atoms with Gasteiger partial charge in [0, 0.05) is 44.5 Å². The molecule has 0 aliphatic carbocycles. The number of para-hydroxylation sites is 1. The number of fused-ring (bicyclic) bond motifs is 3. The zero-order valence-electron chi connectivity index (χ0n) is 34.8. The van der Waals surface area contributed by atoms with E-state index in [0.717, 1.165) is 83.5 Å². The molecule has 0 saturated carbocycles. The zero-order chi connectivity index (χ0) is 42.5. The van der Waals surface area contributed by atoms with Crippen LogP contribution < -0.4 is 4.90 Å². The molecule has 0 unspecified atom stereocenters. The van der Waals surface area contributed by atoms with Gasteiger partial charge in [-0.3, -0.25) is 0 Å². The van der Waals surface area contributed by atoms with Crippen molar-refractivity contribution in [3.05, 3.63) is 237 Å². The predicted molar refractivity (Wildman–Crippen MR) is 262 cm³/mol. The summed E-state index contributed by atoms with van der Waals surface area (Å²) < 4.78 is 6.59. The third kappa shape index (κ3) is 7.99. The van der Waals surface area contributed by atoms with Gasteiger partial charge in [0.15, 0.2) is 17.5 Å². The highest BCUT2D eigenvalue weighted by Crippen LogP contribution is 2.42. The number of hydrogen-bond donors (Lipinski definition) is 0. The minimum absolute atomic E-state index is 0.575. The number of aromatic nitrogens is 3. The molecule has 0 fully saturated rings. The Bertz CT molecular complexity index is 3200. The van der Waals surface area contributed by atoms with Crippen LogP contribution in [-0.2, 0) is 0 Å². The van der Waals surface area contributed by atoms with Crippen LogP contribution in [0.15, 0.2) is 235 Å². The topological polar surface area (TPSA) is 55.1 Å². The van der Waals surface area contributed by atoms with E-state index in [2.05, 4.69) is 127 Å². The molecule has 5 heteroatoms. The fraction of sp³-hybridized carbons (Fsp3) is 0.0172. The number of furan rings is 1. The van der Waals surface area contributed by atoms with Crippen molar-refractivity contribution in [1.82, 2.24) is 15.0 Å². The van der Waals surface area contributed by atoms with E-state index in [1.165, 1.54) is 5.56 Å². The summed E-state index contributed by atoms with van der Waals surface area (Å²) in [4.78, 5) is 17.6. The normalized spacial score (nSPS) is 11.5. The number of rotatable bonds is 11. The molecule has 300 valence electrons. The van der Waals surface area contributed by atoms with Gasteiger partial charge in [0.1, 0.15) is 11.2 Å². The number of nitrogens with zero attached hydrogens (tertiary/aromatic N) is 4. The van der Waals surface area contributed by atoms with Gasteiger partial charge in [-0.1, -0.05) is 176 Å². The average molecular weight is 811 g/mol. The Labute approximate surface area is 367 Å². The van der Waals surface area contributed by atoms with Crippen LogP contribution in [0.25, 0.3) is 83.9 Å². The summed E-state index contributed by atoms with van der Waals surface area (Å²) in [5.74, 6) is 1.79. The number of allylic oxidation sites excluding steroid dienone is 5. The smallest absolute Gasteiger partial charge is 0.164 e. The minimum Gasteiger partial charge on any atom is -0.456 e. The standard InChI is InChI=1S/C58H42N4O/c1-3-4-8-17-40(2)41-26-32-48(33-27-41)62(49-34-28-43(29-35-49)42-18-9-5-10-19-42)50-36-30-44(31-37-50)47-38-52(55-51-24-15-16-25-53(51)63-54(55)39-47)58-60-56(45-20-11-6-12-21-45)59-57(61-58)46-22-13-7-14-23-46/h3-39H,2H2,1H3/b4-3-,17-8-. The van der Waals surface area contributed by atoms with E-state index in [0.29, 0.717) is 17.5 Å². The van der Waals surface area contributed by atoms with Gasteiger partial charge >= 0.3 is 0 Å². The largest absolute Gasteiger partial charge is 0.456 e. The Morgan fingerprint density at radius 1 is 0.460 bits per heavy atom. The van der Waals surface area contributed by atoms with Crippen molar-refractivity contribution in [2.75, 3.05) is 4.90 Å². The van der Waals surface area contributed by atoms with Crippen LogP contribution >= 0.6 is 0 Å². The molecule has 0 saturated heterocycles. The van der Waals surface area contributed by atoms with Gasteiger partial charge in [-0.2, -0.15) is 0 Å². The van der Waals surface area contributed by atoms with E-state index >= 15 is 0 Å². The van der Waals surface area contributed by atoms with Crippen LogP contribution in [-0.4, -0.2) is 15.0 Å². The lowest BCUT2D eigenvalue weighted by atomic mass is 9.97. The highest BCUT2D eigenvalue weighted by molar-refractivity contribution is 6.13. The van der Waals surface area contributed by atoms with Gasteiger partial charge < -0.3 is 9.32 Å². The molecule has 8 aromatic carbocycles. The summed E-state index contributed by atoms with van der Waals surface area (Å²) in [6, 6.07) is 69.1. The molecule has 5 nitrogen and oxygen atoms in total. The monoisotopic (exact) mass is 810 g/mol. The van der Waals surface area contributed by atoms with Crippen molar-refractivity contribution >= 4 is 44.6 Å². The number of anilines is 3. The third-order valence-electron chi connectivity index (χ3n) is 11.2. The predicted octanol–water partition coefficient (Wildman–Crippen LogP) is 15.7. The second kappa shape index (κ2) is 17.3. The maximum atomic E-state index is 6.59. The SMILES string of the molecule is C=C(/C=C\C=C/C)c1ccc(N(c2ccc(-c3ccccc3)cc2)c2ccc(-c3cc(-c4nc(-c5ccccc5)nc(-c5ccccc5)n4)c4c(c3)oc3ccccc34)cc2)cc1. The van der Waals surface area contributed by atoms with Gasteiger partial charge in [0.25, 0.3) is 0 Å². The van der Waals surface area contributed by atoms with Crippen molar-refractivity contribution in [2.24, 2.45) is 0 Å². The Balaban J connectivity index is 1.08. The minimum atomic E-state index is 0.575. The fourth-order valence-electron chi connectivity index (χ4n) is 8.01. The lowest BCUT2D eigenvalue weighted by Gasteiger charge is -2.26. The van der Waals surface area contributed by atoms with E-state index in [1.807, 2.05) is 116 Å². The first-order valence-corrected chi connectivity index (χ1v) is 21.1. The van der Waals surface area contributed by atoms with Gasteiger partial charge in [0.05, 0.1) is 0 Å². The molecule has 0 spiro atoms. The van der Waals surface area contributed by atoms with E-state index in [9.17, 15) is 0 Å². The molecular formula is C58H42N4O. The number of benzene rings is 8. The lowest BCUT2D eigenvalue weighted by Crippen LogP contribution is -2.09. The lowest BCUT2D eigenvalue weighted by molar-refractivity contribution is 0.669. The maximum absolute atomic E-state index is 6.59. The summed E-state index contributed by atoms with van der Waals surface area (Å²) in [7, 11) is 0. The molecule has 0 aliphatic heterocycles. The second-order valence-corrected chi connectivity index (χ2v) is 15.3. The van der Waals surface area contributed by atoms with Crippen LogP contribution in [0.3, 0.4) is 0 Å². The molecule has 63 heavy (non-hydrogen) atoms. The first-order chi connectivity index (χ1) is 31.1. The van der Waals surface area contributed by atoms with E-state index in [-0.39, 0.29) is 0 Å². The molecule has 0 aliphatic rings. The Morgan fingerprint density at radius 3 is 1.51 bits per heavy atom. The first kappa shape index (κ1) is 38.8. The van der Waals surface area contributed by atoms with E-state index in [4.69, 9.17) is 19.4 Å². The van der Waals surface area contributed by atoms with Crippen molar-refractivity contribution < 1.29 is 4.42 Å². The summed E-state index contributed by atoms with van der Waals surface area (Å²) in [5, 5.41) is 1.97. The van der Waals surface area contributed by atoms with Gasteiger partial charge in [-0.25, -0.2) is 15.0 Å². The summed E-state index contributed by atoms with van der Waals surface area (Å²) >= 11 is 0. The van der Waals surface area contributed by atoms with Crippen molar-refractivity contribution in [1.29, 1.82) is 0 Å². The van der Waals surface area contributed by atoms with Crippen LogP contribution in [0.2, 0.25) is 0 Å². The second-order valence-electron chi connectivity index (χ2n) is 15.3. The van der Waals surface area contributed by atoms with E-state index in [1.54, 1.807) is 0 Å². The molecular weight excluding hydrogens is 769 g/mol. The Morgan fingerprint density at radius 2 is 0.937 bits per heavy atom. The van der Waals surface area contributed by atoms with E-state index < -0.39 is 0 Å². The van der Waals surface area contributed by atoms with Crippen LogP contribution in [0.5, 0.6) is 0 Å². The summed E-state index contributed by atoms with van der Waals surface area (Å²) in [6.07, 6.45) is 8.07. The molecule has 0 atom stereocenters. The van der Waals surface area contributed by atoms with Crippen molar-refractivity contribution in [3.63, 3.8) is 0 Å². The van der Waals surface area contributed by atoms with Crippen LogP contribution in [0.4, 0.5) is 17.1 Å². The van der Waals surface area contributed by atoms with Gasteiger partial charge in [-0.15, -0.1) is 0 Å². The maximum Gasteiger partial charge on any atom is 0.164 e.